The van der Waals surface area contributed by atoms with Gasteiger partial charge in [0.15, 0.2) is 5.96 Å². The van der Waals surface area contributed by atoms with Gasteiger partial charge in [-0.3, -0.25) is 9.79 Å². The zero-order chi connectivity index (χ0) is 18.4. The quantitative estimate of drug-likeness (QED) is 0.658. The molecule has 1 unspecified atom stereocenters. The molecule has 6 nitrogen and oxygen atoms in total. The Morgan fingerprint density at radius 3 is 2.46 bits per heavy atom. The predicted octanol–water partition coefficient (Wildman–Crippen LogP) is 1.64. The fourth-order valence-corrected chi connectivity index (χ4v) is 3.73. The number of rotatable bonds is 4. The first-order valence-electron chi connectivity index (χ1n) is 9.76. The first-order valence-corrected chi connectivity index (χ1v) is 9.76. The Labute approximate surface area is 156 Å². The summed E-state index contributed by atoms with van der Waals surface area (Å²) in [6, 6.07) is 10.6. The molecule has 2 aliphatic heterocycles. The number of nitrogens with one attached hydrogen (secondary N) is 1. The molecule has 0 saturated carbocycles. The molecule has 0 spiro atoms. The molecule has 2 saturated heterocycles. The van der Waals surface area contributed by atoms with Crippen LogP contribution in [0.25, 0.3) is 0 Å². The molecule has 2 heterocycles. The maximum absolute atomic E-state index is 11.5. The number of nitrogens with zero attached hydrogens (tertiary/aromatic N) is 4. The number of hydrogen-bond acceptors (Lipinski definition) is 3. The van der Waals surface area contributed by atoms with Gasteiger partial charge >= 0.3 is 0 Å². The zero-order valence-electron chi connectivity index (χ0n) is 16.0. The van der Waals surface area contributed by atoms with Crippen LogP contribution in [0.5, 0.6) is 0 Å². The number of amides is 1. The van der Waals surface area contributed by atoms with Crippen molar-refractivity contribution in [2.75, 3.05) is 57.3 Å². The summed E-state index contributed by atoms with van der Waals surface area (Å²) < 4.78 is 0. The molecule has 26 heavy (non-hydrogen) atoms. The van der Waals surface area contributed by atoms with Crippen LogP contribution in [0, 0.1) is 5.92 Å². The molecule has 0 radical (unpaired) electrons. The Hall–Kier alpha value is -2.24. The van der Waals surface area contributed by atoms with E-state index in [0.717, 1.165) is 58.3 Å². The molecule has 3 rings (SSSR count). The van der Waals surface area contributed by atoms with Crippen LogP contribution in [0.2, 0.25) is 0 Å². The van der Waals surface area contributed by atoms with Crippen LogP contribution in [0.4, 0.5) is 5.69 Å². The Bertz CT molecular complexity index is 610. The third-order valence-corrected chi connectivity index (χ3v) is 5.27. The van der Waals surface area contributed by atoms with Crippen molar-refractivity contribution in [3.63, 3.8) is 0 Å². The number of para-hydroxylation sites is 1. The molecule has 2 aliphatic rings. The predicted molar refractivity (Wildman–Crippen MR) is 107 cm³/mol. The lowest BCUT2D eigenvalue weighted by Crippen LogP contribution is -2.53. The van der Waals surface area contributed by atoms with E-state index >= 15 is 0 Å². The third-order valence-electron chi connectivity index (χ3n) is 5.27. The highest BCUT2D eigenvalue weighted by molar-refractivity contribution is 5.80. The minimum atomic E-state index is 0.165. The average Bonchev–Trinajstić information content (AvgIpc) is 3.15. The summed E-state index contributed by atoms with van der Waals surface area (Å²) in [4.78, 5) is 23.1. The van der Waals surface area contributed by atoms with E-state index in [0.29, 0.717) is 5.92 Å². The summed E-state index contributed by atoms with van der Waals surface area (Å²) in [5.41, 5.74) is 1.31. The van der Waals surface area contributed by atoms with Crippen molar-refractivity contribution in [3.8, 4) is 0 Å². The molecule has 2 fully saturated rings. The first kappa shape index (κ1) is 18.5. The van der Waals surface area contributed by atoms with E-state index in [-0.39, 0.29) is 5.91 Å². The van der Waals surface area contributed by atoms with Gasteiger partial charge in [-0.2, -0.15) is 0 Å². The topological polar surface area (TPSA) is 51.2 Å². The first-order chi connectivity index (χ1) is 12.7. The largest absolute Gasteiger partial charge is 0.371 e. The smallest absolute Gasteiger partial charge is 0.219 e. The van der Waals surface area contributed by atoms with Crippen LogP contribution in [0.3, 0.4) is 0 Å². The van der Waals surface area contributed by atoms with Crippen LogP contribution in [0.15, 0.2) is 35.3 Å². The van der Waals surface area contributed by atoms with Crippen LogP contribution in [-0.4, -0.2) is 74.0 Å². The molecule has 0 aliphatic carbocycles. The Kier molecular flexibility index (Phi) is 6.36. The monoisotopic (exact) mass is 357 g/mol. The molecule has 1 aromatic carbocycles. The number of carbonyl (C=O) groups excluding carboxylic acids is 1. The van der Waals surface area contributed by atoms with Crippen molar-refractivity contribution in [2.24, 2.45) is 10.9 Å². The van der Waals surface area contributed by atoms with Crippen LogP contribution in [0.1, 0.15) is 20.3 Å². The number of anilines is 1. The number of hydrogen-bond donors (Lipinski definition) is 1. The maximum atomic E-state index is 11.5. The normalized spacial score (nSPS) is 21.2. The van der Waals surface area contributed by atoms with Crippen molar-refractivity contribution in [2.45, 2.75) is 20.3 Å². The average molecular weight is 358 g/mol. The van der Waals surface area contributed by atoms with E-state index in [1.54, 1.807) is 6.92 Å². The molecule has 142 valence electrons. The fraction of sp³-hybridized carbons (Fsp3) is 0.600. The lowest BCUT2D eigenvalue weighted by Gasteiger charge is -2.36. The number of aliphatic imine (C=N–C) groups is 1. The summed E-state index contributed by atoms with van der Waals surface area (Å²) in [6.45, 7) is 10.9. The van der Waals surface area contributed by atoms with E-state index in [9.17, 15) is 4.79 Å². The van der Waals surface area contributed by atoms with Gasteiger partial charge in [0.05, 0.1) is 0 Å². The molecule has 6 heteroatoms. The van der Waals surface area contributed by atoms with E-state index in [1.165, 1.54) is 12.1 Å². The SMILES string of the molecule is CCNC(=NCC1CCN(c2ccccc2)C1)N1CCN(C(C)=O)CC1. The highest BCUT2D eigenvalue weighted by atomic mass is 16.2. The van der Waals surface area contributed by atoms with Crippen molar-refractivity contribution in [1.82, 2.24) is 15.1 Å². The van der Waals surface area contributed by atoms with Gasteiger partial charge in [0.2, 0.25) is 5.91 Å². The summed E-state index contributed by atoms with van der Waals surface area (Å²) in [5, 5.41) is 3.42. The van der Waals surface area contributed by atoms with E-state index < -0.39 is 0 Å². The van der Waals surface area contributed by atoms with Crippen molar-refractivity contribution < 1.29 is 4.79 Å². The lowest BCUT2D eigenvalue weighted by molar-refractivity contribution is -0.130. The maximum Gasteiger partial charge on any atom is 0.219 e. The second kappa shape index (κ2) is 8.92. The van der Waals surface area contributed by atoms with Gasteiger partial charge in [-0.15, -0.1) is 0 Å². The summed E-state index contributed by atoms with van der Waals surface area (Å²) in [6.07, 6.45) is 1.19. The second-order valence-electron chi connectivity index (χ2n) is 7.12. The van der Waals surface area contributed by atoms with E-state index in [1.807, 2.05) is 4.90 Å². The van der Waals surface area contributed by atoms with Crippen molar-refractivity contribution in [1.29, 1.82) is 0 Å². The standard InChI is InChI=1S/C20H31N5O/c1-3-21-20(24-13-11-23(12-14-24)17(2)26)22-15-18-9-10-25(16-18)19-7-5-4-6-8-19/h4-8,18H,3,9-16H2,1-2H3,(H,21,22). The molecule has 0 bridgehead atoms. The van der Waals surface area contributed by atoms with Crippen LogP contribution < -0.4 is 10.2 Å². The van der Waals surface area contributed by atoms with Crippen molar-refractivity contribution in [3.05, 3.63) is 30.3 Å². The second-order valence-corrected chi connectivity index (χ2v) is 7.12. The highest BCUT2D eigenvalue weighted by Gasteiger charge is 2.24. The molecular formula is C20H31N5O. The number of guanidine groups is 1. The number of benzene rings is 1. The summed E-state index contributed by atoms with van der Waals surface area (Å²) in [7, 11) is 0. The minimum absolute atomic E-state index is 0.165. The Balaban J connectivity index is 1.54. The molecule has 1 atom stereocenters. The Morgan fingerprint density at radius 2 is 1.81 bits per heavy atom. The third kappa shape index (κ3) is 4.68. The Morgan fingerprint density at radius 1 is 1.12 bits per heavy atom. The summed E-state index contributed by atoms with van der Waals surface area (Å²) >= 11 is 0. The van der Waals surface area contributed by atoms with Gasteiger partial charge in [0.1, 0.15) is 0 Å². The van der Waals surface area contributed by atoms with Crippen molar-refractivity contribution >= 4 is 17.6 Å². The molecule has 1 N–H and O–H groups in total. The summed E-state index contributed by atoms with van der Waals surface area (Å²) in [5.74, 6) is 1.76. The van der Waals surface area contributed by atoms with Gasteiger partial charge in [-0.25, -0.2) is 0 Å². The van der Waals surface area contributed by atoms with Crippen LogP contribution in [-0.2, 0) is 4.79 Å². The molecular weight excluding hydrogens is 326 g/mol. The highest BCUT2D eigenvalue weighted by Crippen LogP contribution is 2.23. The van der Waals surface area contributed by atoms with E-state index in [2.05, 4.69) is 52.4 Å². The number of piperazine rings is 1. The minimum Gasteiger partial charge on any atom is -0.371 e. The number of carbonyl (C=O) groups is 1. The van der Waals surface area contributed by atoms with Gasteiger partial charge in [0.25, 0.3) is 0 Å². The fourth-order valence-electron chi connectivity index (χ4n) is 3.73. The van der Waals surface area contributed by atoms with Crippen LogP contribution >= 0.6 is 0 Å². The molecule has 0 aromatic heterocycles. The lowest BCUT2D eigenvalue weighted by atomic mass is 10.1. The molecule has 1 amide bonds. The molecule has 1 aromatic rings. The zero-order valence-corrected chi connectivity index (χ0v) is 16.0. The van der Waals surface area contributed by atoms with E-state index in [4.69, 9.17) is 4.99 Å². The van der Waals surface area contributed by atoms with Gasteiger partial charge in [-0.05, 0) is 31.4 Å². The van der Waals surface area contributed by atoms with Gasteiger partial charge < -0.3 is 20.0 Å². The van der Waals surface area contributed by atoms with Gasteiger partial charge in [-0.1, -0.05) is 18.2 Å². The van der Waals surface area contributed by atoms with Gasteiger partial charge in [0, 0.05) is 65.0 Å².